The zero-order valence-corrected chi connectivity index (χ0v) is 10.8. The predicted octanol–water partition coefficient (Wildman–Crippen LogP) is 1.53. The number of hydrazone groups is 1. The maximum absolute atomic E-state index is 8.51. The number of benzene rings is 1. The van der Waals surface area contributed by atoms with E-state index in [1.165, 1.54) is 5.01 Å². The molecule has 0 unspecified atom stereocenters. The molecule has 0 bridgehead atoms. The number of rotatable bonds is 6. The first kappa shape index (κ1) is 14.5. The molecular weight excluding hydrogens is 242 g/mol. The van der Waals surface area contributed by atoms with Gasteiger partial charge < -0.3 is 10.5 Å². The fraction of sp³-hybridized carbons (Fsp3) is 0.308. The molecule has 0 saturated carbocycles. The lowest BCUT2D eigenvalue weighted by Gasteiger charge is -2.14. The first-order valence-electron chi connectivity index (χ1n) is 5.92. The third-order valence-corrected chi connectivity index (χ3v) is 2.25. The van der Waals surface area contributed by atoms with Crippen LogP contribution in [0.4, 0.5) is 0 Å². The Morgan fingerprint density at radius 3 is 2.74 bits per heavy atom. The van der Waals surface area contributed by atoms with Crippen LogP contribution in [0.15, 0.2) is 29.4 Å². The van der Waals surface area contributed by atoms with Gasteiger partial charge in [-0.15, -0.1) is 0 Å². The van der Waals surface area contributed by atoms with Crippen molar-refractivity contribution in [2.75, 3.05) is 13.2 Å². The molecule has 0 saturated heterocycles. The van der Waals surface area contributed by atoms with Crippen LogP contribution in [0.25, 0.3) is 0 Å². The number of nitrogens with one attached hydrogen (secondary N) is 1. The topological polar surface area (TPSA) is 98.5 Å². The summed E-state index contributed by atoms with van der Waals surface area (Å²) in [6, 6.07) is 9.40. The first-order valence-corrected chi connectivity index (χ1v) is 5.92. The molecule has 0 fully saturated rings. The molecule has 1 rings (SSSR count). The molecule has 19 heavy (non-hydrogen) atoms. The van der Waals surface area contributed by atoms with E-state index < -0.39 is 0 Å². The van der Waals surface area contributed by atoms with Crippen LogP contribution in [0.2, 0.25) is 0 Å². The number of nitrogens with zero attached hydrogens (tertiary/aromatic N) is 3. The maximum atomic E-state index is 8.51. The summed E-state index contributed by atoms with van der Waals surface area (Å²) in [6.07, 6.45) is 1.86. The lowest BCUT2D eigenvalue weighted by Crippen LogP contribution is -2.32. The van der Waals surface area contributed by atoms with Gasteiger partial charge in [-0.3, -0.25) is 5.41 Å². The Hall–Kier alpha value is -2.55. The van der Waals surface area contributed by atoms with Gasteiger partial charge in [0.15, 0.2) is 0 Å². The van der Waals surface area contributed by atoms with Crippen LogP contribution in [-0.4, -0.2) is 30.3 Å². The van der Waals surface area contributed by atoms with E-state index in [0.29, 0.717) is 13.2 Å². The van der Waals surface area contributed by atoms with Gasteiger partial charge in [-0.1, -0.05) is 0 Å². The van der Waals surface area contributed by atoms with Crippen LogP contribution in [0, 0.1) is 16.7 Å². The Bertz CT molecular complexity index is 475. The summed E-state index contributed by atoms with van der Waals surface area (Å²) in [4.78, 5) is 0. The second kappa shape index (κ2) is 7.71. The summed E-state index contributed by atoms with van der Waals surface area (Å²) in [6.45, 7) is 2.86. The molecule has 0 spiro atoms. The summed E-state index contributed by atoms with van der Waals surface area (Å²) >= 11 is 0. The van der Waals surface area contributed by atoms with Crippen LogP contribution in [0.5, 0.6) is 5.75 Å². The Morgan fingerprint density at radius 1 is 1.53 bits per heavy atom. The zero-order chi connectivity index (χ0) is 14.1. The highest BCUT2D eigenvalue weighted by Crippen LogP contribution is 2.10. The number of nitrogens with two attached hydrogens (primary N) is 1. The van der Waals surface area contributed by atoms with E-state index in [-0.39, 0.29) is 12.4 Å². The number of nitriles is 1. The third-order valence-electron chi connectivity index (χ3n) is 2.25. The second-order valence-electron chi connectivity index (χ2n) is 3.66. The molecule has 0 radical (unpaired) electrons. The number of guanidine groups is 1. The monoisotopic (exact) mass is 259 g/mol. The minimum absolute atomic E-state index is 0.183. The van der Waals surface area contributed by atoms with Crippen molar-refractivity contribution >= 4 is 12.2 Å². The quantitative estimate of drug-likeness (QED) is 0.459. The van der Waals surface area contributed by atoms with E-state index in [1.807, 2.05) is 37.3 Å². The van der Waals surface area contributed by atoms with Crippen molar-refractivity contribution < 1.29 is 4.74 Å². The van der Waals surface area contributed by atoms with Crippen LogP contribution >= 0.6 is 0 Å². The summed E-state index contributed by atoms with van der Waals surface area (Å²) in [5.41, 5.74) is 6.24. The van der Waals surface area contributed by atoms with Crippen molar-refractivity contribution in [3.05, 3.63) is 29.8 Å². The van der Waals surface area contributed by atoms with E-state index in [0.717, 1.165) is 11.3 Å². The van der Waals surface area contributed by atoms with Gasteiger partial charge in [0.25, 0.3) is 0 Å². The number of hydrogen-bond acceptors (Lipinski definition) is 4. The molecule has 0 aliphatic rings. The van der Waals surface area contributed by atoms with Crippen LogP contribution < -0.4 is 10.5 Å². The predicted molar refractivity (Wildman–Crippen MR) is 74.1 cm³/mol. The first-order chi connectivity index (χ1) is 9.17. The van der Waals surface area contributed by atoms with Crippen LogP contribution in [0.1, 0.15) is 18.9 Å². The molecule has 6 nitrogen and oxygen atoms in total. The highest BCUT2D eigenvalue weighted by Gasteiger charge is 2.02. The van der Waals surface area contributed by atoms with E-state index >= 15 is 0 Å². The van der Waals surface area contributed by atoms with Crippen LogP contribution in [0.3, 0.4) is 0 Å². The van der Waals surface area contributed by atoms with Gasteiger partial charge >= 0.3 is 0 Å². The van der Waals surface area contributed by atoms with Crippen molar-refractivity contribution in [3.63, 3.8) is 0 Å². The lowest BCUT2D eigenvalue weighted by atomic mass is 10.2. The minimum atomic E-state index is -0.183. The average molecular weight is 259 g/mol. The molecule has 1 aromatic carbocycles. The summed E-state index contributed by atoms with van der Waals surface area (Å²) in [7, 11) is 0. The Kier molecular flexibility index (Phi) is 5.89. The third kappa shape index (κ3) is 5.08. The second-order valence-corrected chi connectivity index (χ2v) is 3.66. The van der Waals surface area contributed by atoms with E-state index in [1.54, 1.807) is 6.21 Å². The molecule has 100 valence electrons. The van der Waals surface area contributed by atoms with Gasteiger partial charge in [-0.05, 0) is 36.8 Å². The molecule has 1 aromatic rings. The van der Waals surface area contributed by atoms with E-state index in [2.05, 4.69) is 5.10 Å². The van der Waals surface area contributed by atoms with Crippen LogP contribution in [-0.2, 0) is 0 Å². The summed E-state index contributed by atoms with van der Waals surface area (Å²) in [5.74, 6) is 0.616. The molecule has 3 N–H and O–H groups in total. The molecular formula is C13H17N5O. The van der Waals surface area contributed by atoms with E-state index in [4.69, 9.17) is 21.1 Å². The Balaban J connectivity index is 2.67. The average Bonchev–Trinajstić information content (AvgIpc) is 2.40. The van der Waals surface area contributed by atoms with Crippen molar-refractivity contribution in [1.82, 2.24) is 5.01 Å². The normalized spacial score (nSPS) is 10.1. The molecule has 0 heterocycles. The fourth-order valence-electron chi connectivity index (χ4n) is 1.35. The SMILES string of the molecule is CCOc1ccc(/C=N\N(CCC#N)C(=N)N)cc1. The van der Waals surface area contributed by atoms with Gasteiger partial charge in [-0.2, -0.15) is 10.4 Å². The van der Waals surface area contributed by atoms with Gasteiger partial charge in [-0.25, -0.2) is 5.01 Å². The molecule has 0 aliphatic heterocycles. The van der Waals surface area contributed by atoms with Gasteiger partial charge in [0, 0.05) is 0 Å². The van der Waals surface area contributed by atoms with Crippen molar-refractivity contribution in [2.45, 2.75) is 13.3 Å². The minimum Gasteiger partial charge on any atom is -0.494 e. The summed E-state index contributed by atoms with van der Waals surface area (Å²) < 4.78 is 5.33. The van der Waals surface area contributed by atoms with Crippen molar-refractivity contribution in [2.24, 2.45) is 10.8 Å². The fourth-order valence-corrected chi connectivity index (χ4v) is 1.35. The number of hydrogen-bond donors (Lipinski definition) is 2. The highest BCUT2D eigenvalue weighted by atomic mass is 16.5. The zero-order valence-electron chi connectivity index (χ0n) is 10.8. The molecule has 6 heteroatoms. The largest absolute Gasteiger partial charge is 0.494 e. The molecule has 0 aromatic heterocycles. The number of ether oxygens (including phenoxy) is 1. The lowest BCUT2D eigenvalue weighted by molar-refractivity contribution is 0.340. The Morgan fingerprint density at radius 2 is 2.21 bits per heavy atom. The van der Waals surface area contributed by atoms with Gasteiger partial charge in [0.2, 0.25) is 5.96 Å². The maximum Gasteiger partial charge on any atom is 0.209 e. The van der Waals surface area contributed by atoms with Gasteiger partial charge in [0.1, 0.15) is 5.75 Å². The Labute approximate surface area is 112 Å². The molecule has 0 aliphatic carbocycles. The van der Waals surface area contributed by atoms with E-state index in [9.17, 15) is 0 Å². The summed E-state index contributed by atoms with van der Waals surface area (Å²) in [5, 5.41) is 21.2. The molecule has 0 amide bonds. The van der Waals surface area contributed by atoms with Gasteiger partial charge in [0.05, 0.1) is 31.9 Å². The standard InChI is InChI=1S/C13H17N5O/c1-2-19-12-6-4-11(5-7-12)10-17-18(13(15)16)9-3-8-14/h4-7,10H,2-3,9H2,1H3,(H3,15,16)/b17-10-. The molecule has 0 atom stereocenters. The highest BCUT2D eigenvalue weighted by molar-refractivity contribution is 5.82. The van der Waals surface area contributed by atoms with Crippen molar-refractivity contribution in [3.8, 4) is 11.8 Å². The smallest absolute Gasteiger partial charge is 0.209 e. The van der Waals surface area contributed by atoms with Crippen molar-refractivity contribution in [1.29, 1.82) is 10.7 Å².